The van der Waals surface area contributed by atoms with E-state index in [1.54, 1.807) is 6.20 Å². The first-order valence-electron chi connectivity index (χ1n) is 5.59. The SMILES string of the molecule is CCOc1cccc(NCc2nccn2C)n1. The Morgan fingerprint density at radius 1 is 1.41 bits per heavy atom. The van der Waals surface area contributed by atoms with Crippen molar-refractivity contribution in [1.29, 1.82) is 0 Å². The number of pyridine rings is 1. The molecule has 2 aromatic heterocycles. The van der Waals surface area contributed by atoms with E-state index in [2.05, 4.69) is 15.3 Å². The summed E-state index contributed by atoms with van der Waals surface area (Å²) in [5.41, 5.74) is 0. The molecule has 0 unspecified atom stereocenters. The van der Waals surface area contributed by atoms with Gasteiger partial charge in [0.2, 0.25) is 5.88 Å². The lowest BCUT2D eigenvalue weighted by Gasteiger charge is -2.07. The van der Waals surface area contributed by atoms with E-state index in [9.17, 15) is 0 Å². The van der Waals surface area contributed by atoms with Crippen LogP contribution in [-0.4, -0.2) is 21.1 Å². The second kappa shape index (κ2) is 5.34. The summed E-state index contributed by atoms with van der Waals surface area (Å²) >= 11 is 0. The molecule has 5 nitrogen and oxygen atoms in total. The van der Waals surface area contributed by atoms with E-state index in [1.165, 1.54) is 0 Å². The van der Waals surface area contributed by atoms with E-state index in [4.69, 9.17) is 4.74 Å². The van der Waals surface area contributed by atoms with Crippen molar-refractivity contribution in [2.24, 2.45) is 7.05 Å². The molecule has 0 fully saturated rings. The fourth-order valence-electron chi connectivity index (χ4n) is 1.48. The van der Waals surface area contributed by atoms with Crippen LogP contribution in [0.4, 0.5) is 5.82 Å². The van der Waals surface area contributed by atoms with Crippen LogP contribution in [0, 0.1) is 0 Å². The number of aryl methyl sites for hydroxylation is 1. The first-order valence-corrected chi connectivity index (χ1v) is 5.59. The summed E-state index contributed by atoms with van der Waals surface area (Å²) in [6, 6.07) is 5.67. The molecular formula is C12H16N4O. The Morgan fingerprint density at radius 3 is 3.00 bits per heavy atom. The van der Waals surface area contributed by atoms with Crippen LogP contribution in [0.3, 0.4) is 0 Å². The van der Waals surface area contributed by atoms with Crippen LogP contribution in [0.1, 0.15) is 12.7 Å². The van der Waals surface area contributed by atoms with Gasteiger partial charge in [0, 0.05) is 25.5 Å². The van der Waals surface area contributed by atoms with E-state index in [-0.39, 0.29) is 0 Å². The quantitative estimate of drug-likeness (QED) is 0.854. The normalized spacial score (nSPS) is 10.2. The van der Waals surface area contributed by atoms with Gasteiger partial charge in [-0.3, -0.25) is 0 Å². The van der Waals surface area contributed by atoms with Crippen molar-refractivity contribution in [1.82, 2.24) is 14.5 Å². The van der Waals surface area contributed by atoms with Gasteiger partial charge >= 0.3 is 0 Å². The fourth-order valence-corrected chi connectivity index (χ4v) is 1.48. The van der Waals surface area contributed by atoms with Gasteiger partial charge in [-0.2, -0.15) is 4.98 Å². The molecule has 2 heterocycles. The number of rotatable bonds is 5. The predicted octanol–water partition coefficient (Wildman–Crippen LogP) is 1.83. The zero-order valence-electron chi connectivity index (χ0n) is 10.1. The van der Waals surface area contributed by atoms with Crippen LogP contribution in [0.2, 0.25) is 0 Å². The Kier molecular flexibility index (Phi) is 3.59. The summed E-state index contributed by atoms with van der Waals surface area (Å²) in [5.74, 6) is 2.39. The van der Waals surface area contributed by atoms with Gasteiger partial charge in [-0.25, -0.2) is 4.98 Å². The van der Waals surface area contributed by atoms with E-state index in [1.807, 2.05) is 42.9 Å². The van der Waals surface area contributed by atoms with Crippen LogP contribution in [-0.2, 0) is 13.6 Å². The number of ether oxygens (including phenoxy) is 1. The molecule has 2 rings (SSSR count). The molecule has 0 aromatic carbocycles. The van der Waals surface area contributed by atoms with Crippen molar-refractivity contribution in [3.8, 4) is 5.88 Å². The summed E-state index contributed by atoms with van der Waals surface area (Å²) < 4.78 is 7.31. The topological polar surface area (TPSA) is 52.0 Å². The van der Waals surface area contributed by atoms with Crippen molar-refractivity contribution in [2.75, 3.05) is 11.9 Å². The molecule has 0 atom stereocenters. The Labute approximate surface area is 100 Å². The van der Waals surface area contributed by atoms with Crippen molar-refractivity contribution in [3.63, 3.8) is 0 Å². The number of nitrogens with zero attached hydrogens (tertiary/aromatic N) is 3. The first kappa shape index (κ1) is 11.4. The highest BCUT2D eigenvalue weighted by molar-refractivity contribution is 5.37. The number of anilines is 1. The molecule has 0 bridgehead atoms. The Balaban J connectivity index is 1.99. The van der Waals surface area contributed by atoms with E-state index >= 15 is 0 Å². The third-order valence-corrected chi connectivity index (χ3v) is 2.36. The minimum absolute atomic E-state index is 0.621. The van der Waals surface area contributed by atoms with Crippen LogP contribution in [0.25, 0.3) is 0 Å². The van der Waals surface area contributed by atoms with Gasteiger partial charge in [-0.15, -0.1) is 0 Å². The molecule has 0 spiro atoms. The molecule has 2 aromatic rings. The van der Waals surface area contributed by atoms with Crippen molar-refractivity contribution in [3.05, 3.63) is 36.4 Å². The smallest absolute Gasteiger partial charge is 0.215 e. The fraction of sp³-hybridized carbons (Fsp3) is 0.333. The lowest BCUT2D eigenvalue weighted by Crippen LogP contribution is -2.07. The third kappa shape index (κ3) is 2.96. The molecule has 90 valence electrons. The van der Waals surface area contributed by atoms with Crippen LogP contribution >= 0.6 is 0 Å². The lowest BCUT2D eigenvalue weighted by molar-refractivity contribution is 0.327. The number of imidazole rings is 1. The van der Waals surface area contributed by atoms with E-state index < -0.39 is 0 Å². The maximum Gasteiger partial charge on any atom is 0.215 e. The average molecular weight is 232 g/mol. The molecule has 17 heavy (non-hydrogen) atoms. The molecule has 0 saturated heterocycles. The maximum atomic E-state index is 5.34. The number of hydrogen-bond donors (Lipinski definition) is 1. The number of aromatic nitrogens is 3. The molecular weight excluding hydrogens is 216 g/mol. The maximum absolute atomic E-state index is 5.34. The highest BCUT2D eigenvalue weighted by atomic mass is 16.5. The van der Waals surface area contributed by atoms with Gasteiger partial charge in [-0.05, 0) is 13.0 Å². The van der Waals surface area contributed by atoms with Gasteiger partial charge in [0.25, 0.3) is 0 Å². The molecule has 0 radical (unpaired) electrons. The second-order valence-corrected chi connectivity index (χ2v) is 3.60. The zero-order chi connectivity index (χ0) is 12.1. The average Bonchev–Trinajstić information content (AvgIpc) is 2.73. The molecule has 0 aliphatic heterocycles. The predicted molar refractivity (Wildman–Crippen MR) is 65.9 cm³/mol. The van der Waals surface area contributed by atoms with Gasteiger partial charge in [0.1, 0.15) is 11.6 Å². The van der Waals surface area contributed by atoms with Crippen LogP contribution in [0.5, 0.6) is 5.88 Å². The highest BCUT2D eigenvalue weighted by Crippen LogP contribution is 2.11. The Morgan fingerprint density at radius 2 is 2.29 bits per heavy atom. The Hall–Kier alpha value is -2.04. The third-order valence-electron chi connectivity index (χ3n) is 2.36. The minimum atomic E-state index is 0.621. The second-order valence-electron chi connectivity index (χ2n) is 3.60. The summed E-state index contributed by atoms with van der Waals surface area (Å²) in [6.45, 7) is 3.21. The zero-order valence-corrected chi connectivity index (χ0v) is 10.1. The molecule has 5 heteroatoms. The monoisotopic (exact) mass is 232 g/mol. The van der Waals surface area contributed by atoms with E-state index in [0.29, 0.717) is 19.0 Å². The standard InChI is InChI=1S/C12H16N4O/c1-3-17-12-6-4-5-10(15-12)14-9-11-13-7-8-16(11)2/h4-8H,3,9H2,1-2H3,(H,14,15). The van der Waals surface area contributed by atoms with Gasteiger partial charge in [0.05, 0.1) is 13.2 Å². The molecule has 0 aliphatic rings. The molecule has 0 aliphatic carbocycles. The van der Waals surface area contributed by atoms with E-state index in [0.717, 1.165) is 11.6 Å². The Bertz CT molecular complexity index is 481. The summed E-state index contributed by atoms with van der Waals surface area (Å²) in [4.78, 5) is 8.55. The first-order chi connectivity index (χ1) is 8.29. The van der Waals surface area contributed by atoms with Crippen molar-refractivity contribution in [2.45, 2.75) is 13.5 Å². The van der Waals surface area contributed by atoms with Crippen molar-refractivity contribution < 1.29 is 4.74 Å². The van der Waals surface area contributed by atoms with Gasteiger partial charge < -0.3 is 14.6 Å². The number of hydrogen-bond acceptors (Lipinski definition) is 4. The number of nitrogens with one attached hydrogen (secondary N) is 1. The van der Waals surface area contributed by atoms with Crippen LogP contribution < -0.4 is 10.1 Å². The highest BCUT2D eigenvalue weighted by Gasteiger charge is 2.01. The largest absolute Gasteiger partial charge is 0.478 e. The molecule has 1 N–H and O–H groups in total. The molecule has 0 saturated carbocycles. The molecule has 0 amide bonds. The summed E-state index contributed by atoms with van der Waals surface area (Å²) in [6.07, 6.45) is 3.70. The summed E-state index contributed by atoms with van der Waals surface area (Å²) in [5, 5.41) is 3.21. The van der Waals surface area contributed by atoms with Gasteiger partial charge in [-0.1, -0.05) is 6.07 Å². The van der Waals surface area contributed by atoms with Crippen LogP contribution in [0.15, 0.2) is 30.6 Å². The summed E-state index contributed by atoms with van der Waals surface area (Å²) in [7, 11) is 1.97. The van der Waals surface area contributed by atoms with Crippen molar-refractivity contribution >= 4 is 5.82 Å². The lowest BCUT2D eigenvalue weighted by atomic mass is 10.4. The minimum Gasteiger partial charge on any atom is -0.478 e. The van der Waals surface area contributed by atoms with Gasteiger partial charge in [0.15, 0.2) is 0 Å².